The molecule has 0 saturated heterocycles. The molecule has 5 nitrogen and oxygen atoms in total. The van der Waals surface area contributed by atoms with Crippen molar-refractivity contribution < 1.29 is 27.4 Å². The first-order valence-corrected chi connectivity index (χ1v) is 8.64. The maximum Gasteiger partial charge on any atom is 0.573 e. The Balaban J connectivity index is 2.05. The first kappa shape index (κ1) is 20.0. The predicted octanol–water partition coefficient (Wildman–Crippen LogP) is 5.13. The summed E-state index contributed by atoms with van der Waals surface area (Å²) in [5.41, 5.74) is 3.84. The molecule has 1 aromatic carbocycles. The third-order valence-electron chi connectivity index (χ3n) is 4.44. The Morgan fingerprint density at radius 2 is 1.89 bits per heavy atom. The average molecular weight is 394 g/mol. The van der Waals surface area contributed by atoms with Crippen molar-refractivity contribution in [2.45, 2.75) is 26.3 Å². The lowest BCUT2D eigenvalue weighted by Gasteiger charge is -2.16. The Morgan fingerprint density at radius 3 is 2.54 bits per heavy atom. The van der Waals surface area contributed by atoms with Crippen LogP contribution in [0.25, 0.3) is 22.3 Å². The number of benzene rings is 1. The summed E-state index contributed by atoms with van der Waals surface area (Å²) in [6, 6.07) is 8.03. The summed E-state index contributed by atoms with van der Waals surface area (Å²) in [4.78, 5) is 4.72. The molecule has 28 heavy (non-hydrogen) atoms. The first-order valence-electron chi connectivity index (χ1n) is 8.64. The summed E-state index contributed by atoms with van der Waals surface area (Å²) in [6.07, 6.45) is -2.82. The molecule has 0 unspecified atom stereocenters. The van der Waals surface area contributed by atoms with Gasteiger partial charge in [0.15, 0.2) is 0 Å². The van der Waals surface area contributed by atoms with Crippen LogP contribution in [0.4, 0.5) is 13.2 Å². The second-order valence-electron chi connectivity index (χ2n) is 6.50. The second kappa shape index (κ2) is 7.71. The lowest BCUT2D eigenvalue weighted by Crippen LogP contribution is -2.17. The van der Waals surface area contributed by atoms with Crippen molar-refractivity contribution in [1.82, 2.24) is 9.55 Å². The number of rotatable bonds is 6. The zero-order chi connectivity index (χ0) is 20.5. The van der Waals surface area contributed by atoms with Gasteiger partial charge in [-0.2, -0.15) is 0 Å². The molecule has 0 amide bonds. The molecular formula is C20H21F3N2O3. The van der Waals surface area contributed by atoms with E-state index in [1.165, 1.54) is 25.3 Å². The molecule has 0 saturated carbocycles. The lowest BCUT2D eigenvalue weighted by molar-refractivity contribution is -0.274. The Morgan fingerprint density at radius 1 is 1.14 bits per heavy atom. The van der Waals surface area contributed by atoms with Crippen molar-refractivity contribution in [2.75, 3.05) is 20.8 Å². The summed E-state index contributed by atoms with van der Waals surface area (Å²) < 4.78 is 54.0. The van der Waals surface area contributed by atoms with Crippen molar-refractivity contribution in [3.05, 3.63) is 42.1 Å². The maximum atomic E-state index is 12.5. The number of methoxy groups -OCH3 is 2. The van der Waals surface area contributed by atoms with Crippen LogP contribution in [0.3, 0.4) is 0 Å². The van der Waals surface area contributed by atoms with Gasteiger partial charge in [-0.05, 0) is 43.7 Å². The monoisotopic (exact) mass is 394 g/mol. The zero-order valence-corrected chi connectivity index (χ0v) is 16.0. The third-order valence-corrected chi connectivity index (χ3v) is 4.44. The largest absolute Gasteiger partial charge is 0.573 e. The average Bonchev–Trinajstić information content (AvgIpc) is 3.02. The highest BCUT2D eigenvalue weighted by atomic mass is 19.4. The fourth-order valence-corrected chi connectivity index (χ4v) is 3.22. The van der Waals surface area contributed by atoms with Gasteiger partial charge in [0.1, 0.15) is 11.5 Å². The van der Waals surface area contributed by atoms with Crippen LogP contribution in [-0.2, 0) is 4.74 Å². The molecule has 1 atom stereocenters. The first-order chi connectivity index (χ1) is 13.2. The quantitative estimate of drug-likeness (QED) is 0.582. The minimum atomic E-state index is -4.76. The molecule has 0 spiro atoms. The van der Waals surface area contributed by atoms with Crippen LogP contribution in [0.15, 0.2) is 36.5 Å². The molecule has 0 aliphatic rings. The number of halogens is 3. The van der Waals surface area contributed by atoms with Crippen LogP contribution in [0.1, 0.15) is 18.5 Å². The number of aromatic nitrogens is 2. The number of fused-ring (bicyclic) bond motifs is 1. The van der Waals surface area contributed by atoms with Gasteiger partial charge in [-0.3, -0.25) is 0 Å². The fraction of sp³-hybridized carbons (Fsp3) is 0.350. The van der Waals surface area contributed by atoms with Crippen molar-refractivity contribution in [3.63, 3.8) is 0 Å². The molecule has 0 aliphatic heterocycles. The third kappa shape index (κ3) is 4.06. The molecule has 2 aromatic heterocycles. The van der Waals surface area contributed by atoms with Gasteiger partial charge in [0.2, 0.25) is 0 Å². The van der Waals surface area contributed by atoms with E-state index >= 15 is 0 Å². The van der Waals surface area contributed by atoms with Crippen LogP contribution in [0.5, 0.6) is 11.5 Å². The van der Waals surface area contributed by atoms with E-state index in [-0.39, 0.29) is 17.5 Å². The van der Waals surface area contributed by atoms with Crippen LogP contribution < -0.4 is 9.47 Å². The molecule has 0 N–H and O–H groups in total. The lowest BCUT2D eigenvalue weighted by atomic mass is 10.0. The summed E-state index contributed by atoms with van der Waals surface area (Å²) in [5.74, 6) is -0.0877. The summed E-state index contributed by atoms with van der Waals surface area (Å²) in [7, 11) is 3.05. The Bertz CT molecular complexity index is 983. The van der Waals surface area contributed by atoms with Crippen LogP contribution in [-0.4, -0.2) is 36.7 Å². The number of pyridine rings is 1. The van der Waals surface area contributed by atoms with Crippen molar-refractivity contribution in [1.29, 1.82) is 0 Å². The number of aryl methyl sites for hydroxylation is 1. The van der Waals surface area contributed by atoms with E-state index in [0.29, 0.717) is 17.9 Å². The van der Waals surface area contributed by atoms with E-state index in [1.807, 2.05) is 25.3 Å². The molecule has 2 heterocycles. The Kier molecular flexibility index (Phi) is 5.51. The molecule has 8 heteroatoms. The fourth-order valence-electron chi connectivity index (χ4n) is 3.22. The topological polar surface area (TPSA) is 45.5 Å². The summed E-state index contributed by atoms with van der Waals surface area (Å²) >= 11 is 0. The predicted molar refractivity (Wildman–Crippen MR) is 99.7 cm³/mol. The van der Waals surface area contributed by atoms with Gasteiger partial charge in [0.25, 0.3) is 0 Å². The van der Waals surface area contributed by atoms with Crippen molar-refractivity contribution >= 4 is 11.0 Å². The van der Waals surface area contributed by atoms with Gasteiger partial charge >= 0.3 is 6.36 Å². The SMILES string of the molecule is COC[C@H](C)n1ccc2nc(-c3ccc(OC(F)(F)F)cc3OC)c(C)cc21. The standard InChI is InChI=1S/C20H21F3N2O3/c1-12-9-17-16(7-8-25(17)13(2)11-26-3)24-19(12)15-6-5-14(10-18(15)27-4)28-20(21,22)23/h5-10,13H,11H2,1-4H3/t13-/m0/s1. The van der Waals surface area contributed by atoms with Gasteiger partial charge in [-0.1, -0.05) is 0 Å². The van der Waals surface area contributed by atoms with Crippen molar-refractivity contribution in [3.8, 4) is 22.8 Å². The van der Waals surface area contributed by atoms with Gasteiger partial charge < -0.3 is 18.8 Å². The van der Waals surface area contributed by atoms with E-state index < -0.39 is 6.36 Å². The molecule has 0 aliphatic carbocycles. The van der Waals surface area contributed by atoms with Gasteiger partial charge in [0, 0.05) is 24.9 Å². The normalized spacial score (nSPS) is 13.0. The number of hydrogen-bond acceptors (Lipinski definition) is 4. The van der Waals surface area contributed by atoms with E-state index in [0.717, 1.165) is 16.6 Å². The Hall–Kier alpha value is -2.74. The van der Waals surface area contributed by atoms with Crippen molar-refractivity contribution in [2.24, 2.45) is 0 Å². The highest BCUT2D eigenvalue weighted by molar-refractivity contribution is 5.83. The molecule has 0 fully saturated rings. The molecule has 0 radical (unpaired) electrons. The number of ether oxygens (including phenoxy) is 3. The molecule has 0 bridgehead atoms. The van der Waals surface area contributed by atoms with Gasteiger partial charge in [-0.25, -0.2) is 4.98 Å². The van der Waals surface area contributed by atoms with E-state index in [1.54, 1.807) is 7.11 Å². The number of alkyl halides is 3. The highest BCUT2D eigenvalue weighted by Gasteiger charge is 2.31. The van der Waals surface area contributed by atoms with Gasteiger partial charge in [-0.15, -0.1) is 13.2 Å². The second-order valence-corrected chi connectivity index (χ2v) is 6.50. The van der Waals surface area contributed by atoms with Crippen LogP contribution in [0, 0.1) is 6.92 Å². The Labute approximate surface area is 160 Å². The molecule has 150 valence electrons. The van der Waals surface area contributed by atoms with E-state index in [2.05, 4.69) is 16.2 Å². The number of hydrogen-bond donors (Lipinski definition) is 0. The smallest absolute Gasteiger partial charge is 0.496 e. The summed E-state index contributed by atoms with van der Waals surface area (Å²) in [5, 5.41) is 0. The van der Waals surface area contributed by atoms with E-state index in [9.17, 15) is 13.2 Å². The maximum absolute atomic E-state index is 12.5. The highest BCUT2D eigenvalue weighted by Crippen LogP contribution is 2.37. The zero-order valence-electron chi connectivity index (χ0n) is 16.0. The minimum absolute atomic E-state index is 0.142. The van der Waals surface area contributed by atoms with Crippen LogP contribution in [0.2, 0.25) is 0 Å². The summed E-state index contributed by atoms with van der Waals surface area (Å²) in [6.45, 7) is 4.52. The van der Waals surface area contributed by atoms with Crippen LogP contribution >= 0.6 is 0 Å². The number of nitrogens with zero attached hydrogens (tertiary/aromatic N) is 2. The minimum Gasteiger partial charge on any atom is -0.496 e. The van der Waals surface area contributed by atoms with Gasteiger partial charge in [0.05, 0.1) is 36.5 Å². The molecule has 3 aromatic rings. The van der Waals surface area contributed by atoms with E-state index in [4.69, 9.17) is 14.5 Å². The molecular weight excluding hydrogens is 373 g/mol. The molecule has 3 rings (SSSR count).